The van der Waals surface area contributed by atoms with E-state index >= 15 is 0 Å². The third-order valence-corrected chi connectivity index (χ3v) is 4.32. The topological polar surface area (TPSA) is 74.2 Å². The van der Waals surface area contributed by atoms with Crippen molar-refractivity contribution in [2.75, 3.05) is 27.4 Å². The first-order valence-electron chi connectivity index (χ1n) is 6.52. The Morgan fingerprint density at radius 3 is 1.95 bits per heavy atom. The van der Waals surface area contributed by atoms with Crippen LogP contribution in [0.15, 0.2) is 17.9 Å². The third-order valence-electron chi connectivity index (χ3n) is 2.57. The van der Waals surface area contributed by atoms with Crippen molar-refractivity contribution in [3.63, 3.8) is 0 Å². The molecule has 7 heteroatoms. The molecule has 0 saturated carbocycles. The van der Waals surface area contributed by atoms with E-state index in [1.165, 1.54) is 20.0 Å². The maximum atomic E-state index is 12.3. The van der Waals surface area contributed by atoms with E-state index in [0.717, 1.165) is 0 Å². The van der Waals surface area contributed by atoms with Crippen LogP contribution < -0.4 is 9.47 Å². The normalized spacial score (nSPS) is 11.8. The molecule has 0 heterocycles. The van der Waals surface area contributed by atoms with Gasteiger partial charge >= 0.3 is 7.60 Å². The fraction of sp³-hybridized carbons (Fsp3) is 0.429. The molecule has 1 aromatic carbocycles. The Morgan fingerprint density at radius 2 is 1.57 bits per heavy atom. The summed E-state index contributed by atoms with van der Waals surface area (Å²) in [5.41, 5.74) is 0.640. The van der Waals surface area contributed by atoms with Crippen LogP contribution in [0.4, 0.5) is 0 Å². The minimum atomic E-state index is -3.27. The lowest BCUT2D eigenvalue weighted by Gasteiger charge is -2.13. The fourth-order valence-corrected chi connectivity index (χ4v) is 2.99. The van der Waals surface area contributed by atoms with E-state index in [4.69, 9.17) is 18.5 Å². The van der Waals surface area contributed by atoms with Crippen LogP contribution in [-0.4, -0.2) is 32.5 Å². The molecule has 1 aromatic rings. The van der Waals surface area contributed by atoms with E-state index in [2.05, 4.69) is 0 Å². The van der Waals surface area contributed by atoms with E-state index in [1.807, 2.05) is 0 Å². The number of phenols is 1. The molecule has 0 aliphatic rings. The lowest BCUT2D eigenvalue weighted by molar-refractivity contribution is 0.229. The molecule has 0 saturated heterocycles. The molecule has 0 aliphatic heterocycles. The number of methoxy groups -OCH3 is 2. The number of ether oxygens (including phenoxy) is 2. The second-order valence-electron chi connectivity index (χ2n) is 3.97. The van der Waals surface area contributed by atoms with Gasteiger partial charge in [-0.3, -0.25) is 4.57 Å². The highest BCUT2D eigenvalue weighted by Gasteiger charge is 2.19. The number of phenolic OH excluding ortho intramolecular Hbond substituents is 1. The van der Waals surface area contributed by atoms with Crippen molar-refractivity contribution >= 4 is 13.7 Å². The van der Waals surface area contributed by atoms with Crippen molar-refractivity contribution in [3.8, 4) is 17.2 Å². The van der Waals surface area contributed by atoms with Crippen molar-refractivity contribution in [3.05, 3.63) is 23.5 Å². The second kappa shape index (κ2) is 8.08. The molecule has 0 atom stereocenters. The Bertz CT molecular complexity index is 505. The molecule has 0 bridgehead atoms. The van der Waals surface area contributed by atoms with Crippen LogP contribution in [0.5, 0.6) is 17.2 Å². The van der Waals surface area contributed by atoms with E-state index in [1.54, 1.807) is 32.1 Å². The molecular weight excluding hydrogens is 295 g/mol. The molecule has 0 aliphatic carbocycles. The van der Waals surface area contributed by atoms with Crippen LogP contribution in [0.3, 0.4) is 0 Å². The molecule has 1 rings (SSSR count). The first kappa shape index (κ1) is 17.6. The highest BCUT2D eigenvalue weighted by atomic mass is 31.2. The quantitative estimate of drug-likeness (QED) is 0.738. The summed E-state index contributed by atoms with van der Waals surface area (Å²) in [7, 11) is -0.393. The SMILES string of the molecule is CCOP(=O)(/C=C/c1cc(OC)c(O)c(OC)c1)OCC. The van der Waals surface area contributed by atoms with Gasteiger partial charge in [-0.2, -0.15) is 0 Å². The fourth-order valence-electron chi connectivity index (χ4n) is 1.67. The average Bonchev–Trinajstić information content (AvgIpc) is 2.46. The van der Waals surface area contributed by atoms with Gasteiger partial charge in [0.25, 0.3) is 0 Å². The molecule has 0 amide bonds. The van der Waals surface area contributed by atoms with Crippen LogP contribution >= 0.6 is 7.60 Å². The van der Waals surface area contributed by atoms with E-state index in [0.29, 0.717) is 5.56 Å². The molecule has 0 fully saturated rings. The Balaban J connectivity index is 3.11. The summed E-state index contributed by atoms with van der Waals surface area (Å²) in [5.74, 6) is 1.81. The minimum absolute atomic E-state index is 0.0880. The van der Waals surface area contributed by atoms with Crippen molar-refractivity contribution in [2.24, 2.45) is 0 Å². The largest absolute Gasteiger partial charge is 0.502 e. The molecule has 6 nitrogen and oxygen atoms in total. The first-order chi connectivity index (χ1) is 9.99. The monoisotopic (exact) mass is 316 g/mol. The van der Waals surface area contributed by atoms with E-state index in [-0.39, 0.29) is 30.5 Å². The number of benzene rings is 1. The summed E-state index contributed by atoms with van der Waals surface area (Å²) in [4.78, 5) is 0. The highest BCUT2D eigenvalue weighted by Crippen LogP contribution is 2.50. The summed E-state index contributed by atoms with van der Waals surface area (Å²) in [6.45, 7) is 4.05. The zero-order chi connectivity index (χ0) is 15.9. The summed E-state index contributed by atoms with van der Waals surface area (Å²) >= 11 is 0. The van der Waals surface area contributed by atoms with Crippen molar-refractivity contribution in [1.29, 1.82) is 0 Å². The van der Waals surface area contributed by atoms with Gasteiger partial charge in [-0.25, -0.2) is 0 Å². The zero-order valence-corrected chi connectivity index (χ0v) is 13.6. The zero-order valence-electron chi connectivity index (χ0n) is 12.7. The van der Waals surface area contributed by atoms with Crippen LogP contribution in [0.2, 0.25) is 0 Å². The minimum Gasteiger partial charge on any atom is -0.502 e. The van der Waals surface area contributed by atoms with Gasteiger partial charge < -0.3 is 23.6 Å². The lowest BCUT2D eigenvalue weighted by Crippen LogP contribution is -1.93. The maximum absolute atomic E-state index is 12.3. The second-order valence-corrected chi connectivity index (χ2v) is 5.86. The van der Waals surface area contributed by atoms with Crippen LogP contribution in [-0.2, 0) is 13.6 Å². The van der Waals surface area contributed by atoms with Gasteiger partial charge in [0, 0.05) is 5.82 Å². The summed E-state index contributed by atoms with van der Waals surface area (Å²) < 4.78 is 32.8. The maximum Gasteiger partial charge on any atom is 0.354 e. The molecule has 0 spiro atoms. The summed E-state index contributed by atoms with van der Waals surface area (Å²) in [6.07, 6.45) is 1.58. The Hall–Kier alpha value is -1.49. The molecule has 0 aromatic heterocycles. The molecule has 118 valence electrons. The Morgan fingerprint density at radius 1 is 1.10 bits per heavy atom. The predicted molar refractivity (Wildman–Crippen MR) is 81.1 cm³/mol. The number of hydrogen-bond acceptors (Lipinski definition) is 6. The van der Waals surface area contributed by atoms with Crippen molar-refractivity contribution in [2.45, 2.75) is 13.8 Å². The van der Waals surface area contributed by atoms with Gasteiger partial charge in [0.05, 0.1) is 27.4 Å². The van der Waals surface area contributed by atoms with Gasteiger partial charge in [0.1, 0.15) is 0 Å². The van der Waals surface area contributed by atoms with Gasteiger partial charge in [0.2, 0.25) is 5.75 Å². The molecule has 0 radical (unpaired) electrons. The third kappa shape index (κ3) is 4.77. The van der Waals surface area contributed by atoms with E-state index in [9.17, 15) is 9.67 Å². The van der Waals surface area contributed by atoms with Gasteiger partial charge in [-0.05, 0) is 37.6 Å². The number of hydrogen-bond donors (Lipinski definition) is 1. The van der Waals surface area contributed by atoms with E-state index < -0.39 is 7.60 Å². The Labute approximate surface area is 124 Å². The van der Waals surface area contributed by atoms with Crippen LogP contribution in [0.25, 0.3) is 6.08 Å². The van der Waals surface area contributed by atoms with Crippen molar-refractivity contribution < 1.29 is 28.2 Å². The van der Waals surface area contributed by atoms with Crippen LogP contribution in [0, 0.1) is 0 Å². The van der Waals surface area contributed by atoms with Gasteiger partial charge in [-0.1, -0.05) is 0 Å². The molecular formula is C14H21O6P. The molecule has 1 N–H and O–H groups in total. The number of aromatic hydroxyl groups is 1. The van der Waals surface area contributed by atoms with Crippen molar-refractivity contribution in [1.82, 2.24) is 0 Å². The highest BCUT2D eigenvalue weighted by molar-refractivity contribution is 7.57. The first-order valence-corrected chi connectivity index (χ1v) is 8.13. The number of rotatable bonds is 8. The Kier molecular flexibility index (Phi) is 6.75. The van der Waals surface area contributed by atoms with Crippen LogP contribution in [0.1, 0.15) is 19.4 Å². The molecule has 21 heavy (non-hydrogen) atoms. The standard InChI is InChI=1S/C14H21O6P/c1-5-19-21(16,20-6-2)8-7-11-9-12(17-3)14(15)13(10-11)18-4/h7-10,15H,5-6H2,1-4H3/b8-7+. The predicted octanol–water partition coefficient (Wildman–Crippen LogP) is 3.65. The average molecular weight is 316 g/mol. The summed E-state index contributed by atoms with van der Waals surface area (Å²) in [5, 5.41) is 9.83. The van der Waals surface area contributed by atoms with Gasteiger partial charge in [-0.15, -0.1) is 0 Å². The molecule has 0 unspecified atom stereocenters. The summed E-state index contributed by atoms with van der Waals surface area (Å²) in [6, 6.07) is 3.19. The smallest absolute Gasteiger partial charge is 0.354 e. The lowest BCUT2D eigenvalue weighted by atomic mass is 10.2. The van der Waals surface area contributed by atoms with Gasteiger partial charge in [0.15, 0.2) is 11.5 Å².